The van der Waals surface area contributed by atoms with E-state index in [1.807, 2.05) is 0 Å². The number of carboxylic acid groups (broad SMARTS) is 2. The molecule has 0 bridgehead atoms. The first-order chi connectivity index (χ1) is 13.1. The maximum absolute atomic E-state index is 12.8. The standard InChI is InChI=1S/C17H28N4O7/c1-3-9(2)14(17(27)28)20-15(25)11-5-4-6-21(11)16(26)10(7-13(23)24)19-12(22)8-18/h9-11,14H,3-8,18H2,1-2H3,(H,19,22)(H,20,25)(H,23,24)(H,27,28). The molecule has 1 fully saturated rings. The smallest absolute Gasteiger partial charge is 0.326 e. The first kappa shape index (κ1) is 23.3. The van der Waals surface area contributed by atoms with Crippen LogP contribution in [0.3, 0.4) is 0 Å². The molecule has 0 saturated carbocycles. The molecule has 0 aromatic heterocycles. The van der Waals surface area contributed by atoms with E-state index in [1.165, 1.54) is 4.90 Å². The Kier molecular flexibility index (Phi) is 8.83. The summed E-state index contributed by atoms with van der Waals surface area (Å²) in [4.78, 5) is 60.6. The van der Waals surface area contributed by atoms with Gasteiger partial charge in [0.25, 0.3) is 0 Å². The van der Waals surface area contributed by atoms with Gasteiger partial charge >= 0.3 is 11.9 Å². The molecule has 0 aromatic carbocycles. The Hall–Kier alpha value is -2.69. The summed E-state index contributed by atoms with van der Waals surface area (Å²) in [5.74, 6) is -4.79. The van der Waals surface area contributed by atoms with E-state index in [0.29, 0.717) is 19.3 Å². The van der Waals surface area contributed by atoms with Crippen LogP contribution in [-0.2, 0) is 24.0 Å². The van der Waals surface area contributed by atoms with Crippen molar-refractivity contribution in [2.24, 2.45) is 11.7 Å². The molecule has 0 radical (unpaired) electrons. The molecule has 1 aliphatic rings. The molecule has 1 saturated heterocycles. The van der Waals surface area contributed by atoms with E-state index >= 15 is 0 Å². The molecule has 28 heavy (non-hydrogen) atoms. The van der Waals surface area contributed by atoms with Crippen molar-refractivity contribution < 1.29 is 34.2 Å². The van der Waals surface area contributed by atoms with Crippen molar-refractivity contribution >= 4 is 29.7 Å². The molecular weight excluding hydrogens is 372 g/mol. The molecule has 0 spiro atoms. The number of hydrogen-bond acceptors (Lipinski definition) is 6. The maximum atomic E-state index is 12.8. The predicted molar refractivity (Wildman–Crippen MR) is 97.0 cm³/mol. The molecule has 11 nitrogen and oxygen atoms in total. The summed E-state index contributed by atoms with van der Waals surface area (Å²) in [5, 5.41) is 23.1. The van der Waals surface area contributed by atoms with E-state index in [0.717, 1.165) is 0 Å². The summed E-state index contributed by atoms with van der Waals surface area (Å²) in [6.45, 7) is 3.28. The highest BCUT2D eigenvalue weighted by Crippen LogP contribution is 2.20. The van der Waals surface area contributed by atoms with Crippen LogP contribution in [0.2, 0.25) is 0 Å². The minimum atomic E-state index is -1.35. The average molecular weight is 400 g/mol. The van der Waals surface area contributed by atoms with Gasteiger partial charge in [-0.2, -0.15) is 0 Å². The van der Waals surface area contributed by atoms with Gasteiger partial charge in [-0.05, 0) is 18.8 Å². The lowest BCUT2D eigenvalue weighted by Crippen LogP contribution is -2.56. The van der Waals surface area contributed by atoms with Crippen molar-refractivity contribution in [2.75, 3.05) is 13.1 Å². The fraction of sp³-hybridized carbons (Fsp3) is 0.706. The van der Waals surface area contributed by atoms with Crippen LogP contribution in [0, 0.1) is 5.92 Å². The minimum Gasteiger partial charge on any atom is -0.481 e. The highest BCUT2D eigenvalue weighted by atomic mass is 16.4. The number of carbonyl (C=O) groups is 5. The Morgan fingerprint density at radius 2 is 1.82 bits per heavy atom. The zero-order valence-corrected chi connectivity index (χ0v) is 16.0. The highest BCUT2D eigenvalue weighted by Gasteiger charge is 2.39. The molecule has 0 aromatic rings. The van der Waals surface area contributed by atoms with Crippen molar-refractivity contribution in [2.45, 2.75) is 57.7 Å². The Morgan fingerprint density at radius 3 is 2.32 bits per heavy atom. The first-order valence-corrected chi connectivity index (χ1v) is 9.17. The third-order valence-corrected chi connectivity index (χ3v) is 4.81. The van der Waals surface area contributed by atoms with Crippen molar-refractivity contribution in [3.8, 4) is 0 Å². The molecule has 0 aliphatic carbocycles. The lowest BCUT2D eigenvalue weighted by Gasteiger charge is -2.29. The van der Waals surface area contributed by atoms with Crippen LogP contribution >= 0.6 is 0 Å². The van der Waals surface area contributed by atoms with Crippen molar-refractivity contribution in [3.05, 3.63) is 0 Å². The average Bonchev–Trinajstić information content (AvgIpc) is 3.13. The van der Waals surface area contributed by atoms with E-state index in [1.54, 1.807) is 13.8 Å². The molecule has 11 heteroatoms. The van der Waals surface area contributed by atoms with Crippen molar-refractivity contribution in [1.29, 1.82) is 0 Å². The van der Waals surface area contributed by atoms with Gasteiger partial charge in [0.15, 0.2) is 0 Å². The van der Waals surface area contributed by atoms with Crippen molar-refractivity contribution in [3.63, 3.8) is 0 Å². The molecule has 158 valence electrons. The normalized spacial score (nSPS) is 19.4. The second kappa shape index (κ2) is 10.6. The highest BCUT2D eigenvalue weighted by molar-refractivity contribution is 5.95. The summed E-state index contributed by atoms with van der Waals surface area (Å²) in [6.07, 6.45) is 0.695. The number of nitrogens with one attached hydrogen (secondary N) is 2. The van der Waals surface area contributed by atoms with E-state index in [2.05, 4.69) is 10.6 Å². The van der Waals surface area contributed by atoms with Crippen LogP contribution in [0.1, 0.15) is 39.5 Å². The van der Waals surface area contributed by atoms with Gasteiger partial charge in [0, 0.05) is 6.54 Å². The van der Waals surface area contributed by atoms with E-state index in [4.69, 9.17) is 10.8 Å². The molecule has 4 atom stereocenters. The largest absolute Gasteiger partial charge is 0.481 e. The van der Waals surface area contributed by atoms with Crippen LogP contribution in [0.15, 0.2) is 0 Å². The van der Waals surface area contributed by atoms with Gasteiger partial charge < -0.3 is 31.5 Å². The van der Waals surface area contributed by atoms with E-state index in [9.17, 15) is 29.1 Å². The van der Waals surface area contributed by atoms with E-state index < -0.39 is 60.8 Å². The van der Waals surface area contributed by atoms with Crippen LogP contribution in [0.4, 0.5) is 0 Å². The third kappa shape index (κ3) is 6.19. The van der Waals surface area contributed by atoms with Crippen LogP contribution in [-0.4, -0.2) is 76.0 Å². The van der Waals surface area contributed by atoms with Gasteiger partial charge in [0.05, 0.1) is 13.0 Å². The summed E-state index contributed by atoms with van der Waals surface area (Å²) in [7, 11) is 0. The molecule has 1 rings (SSSR count). The topological polar surface area (TPSA) is 179 Å². The van der Waals surface area contributed by atoms with E-state index in [-0.39, 0.29) is 12.5 Å². The van der Waals surface area contributed by atoms with Crippen molar-refractivity contribution in [1.82, 2.24) is 15.5 Å². The fourth-order valence-electron chi connectivity index (χ4n) is 3.06. The molecule has 6 N–H and O–H groups in total. The number of amides is 3. The molecule has 4 unspecified atom stereocenters. The summed E-state index contributed by atoms with van der Waals surface area (Å²) >= 11 is 0. The lowest BCUT2D eigenvalue weighted by atomic mass is 9.98. The zero-order valence-electron chi connectivity index (χ0n) is 16.0. The molecule has 1 heterocycles. The Morgan fingerprint density at radius 1 is 1.18 bits per heavy atom. The summed E-state index contributed by atoms with van der Waals surface area (Å²) in [5.41, 5.74) is 5.20. The molecule has 1 aliphatic heterocycles. The number of aliphatic carboxylic acids is 2. The quantitative estimate of drug-likeness (QED) is 0.294. The maximum Gasteiger partial charge on any atom is 0.326 e. The van der Waals surface area contributed by atoms with Gasteiger partial charge in [0.1, 0.15) is 18.1 Å². The van der Waals surface area contributed by atoms with Gasteiger partial charge in [-0.25, -0.2) is 4.79 Å². The third-order valence-electron chi connectivity index (χ3n) is 4.81. The minimum absolute atomic E-state index is 0.201. The number of carboxylic acids is 2. The van der Waals surface area contributed by atoms with Gasteiger partial charge in [-0.3, -0.25) is 19.2 Å². The lowest BCUT2D eigenvalue weighted by molar-refractivity contribution is -0.147. The summed E-state index contributed by atoms with van der Waals surface area (Å²) < 4.78 is 0. The van der Waals surface area contributed by atoms with Gasteiger partial charge in [-0.15, -0.1) is 0 Å². The molecular formula is C17H28N4O7. The second-order valence-electron chi connectivity index (χ2n) is 6.82. The number of likely N-dealkylation sites (tertiary alicyclic amines) is 1. The number of hydrogen-bond donors (Lipinski definition) is 5. The zero-order chi connectivity index (χ0) is 21.4. The van der Waals surface area contributed by atoms with Gasteiger partial charge in [-0.1, -0.05) is 20.3 Å². The predicted octanol–water partition coefficient (Wildman–Crippen LogP) is -1.49. The Labute approximate surface area is 162 Å². The Bertz CT molecular complexity index is 625. The van der Waals surface area contributed by atoms with Crippen LogP contribution in [0.5, 0.6) is 0 Å². The second-order valence-corrected chi connectivity index (χ2v) is 6.82. The summed E-state index contributed by atoms with van der Waals surface area (Å²) in [6, 6.07) is -3.38. The number of nitrogens with two attached hydrogens (primary N) is 1. The van der Waals surface area contributed by atoms with Crippen LogP contribution in [0.25, 0.3) is 0 Å². The molecule has 3 amide bonds. The monoisotopic (exact) mass is 400 g/mol. The SMILES string of the molecule is CCC(C)C(NC(=O)C1CCCN1C(=O)C(CC(=O)O)NC(=O)CN)C(=O)O. The Balaban J connectivity index is 2.94. The first-order valence-electron chi connectivity index (χ1n) is 9.17. The van der Waals surface area contributed by atoms with Crippen LogP contribution < -0.4 is 16.4 Å². The fourth-order valence-corrected chi connectivity index (χ4v) is 3.06. The number of rotatable bonds is 10. The number of nitrogens with zero attached hydrogens (tertiary/aromatic N) is 1. The number of carbonyl (C=O) groups excluding carboxylic acids is 3. The van der Waals surface area contributed by atoms with Gasteiger partial charge in [0.2, 0.25) is 17.7 Å².